The first kappa shape index (κ1) is 18.5. The van der Waals surface area contributed by atoms with Crippen LogP contribution in [-0.2, 0) is 7.05 Å². The summed E-state index contributed by atoms with van der Waals surface area (Å²) < 4.78 is 5.84. The number of tetrazole rings is 1. The van der Waals surface area contributed by atoms with Gasteiger partial charge in [0.05, 0.1) is 19.2 Å². The summed E-state index contributed by atoms with van der Waals surface area (Å²) in [5, 5.41) is 12.2. The molecular weight excluding hydrogens is 382 g/mol. The molecule has 5 rings (SSSR count). The van der Waals surface area contributed by atoms with Crippen molar-refractivity contribution in [1.29, 1.82) is 0 Å². The van der Waals surface area contributed by atoms with Crippen LogP contribution in [0.4, 0.5) is 11.5 Å². The molecule has 1 amide bonds. The molecule has 9 nitrogen and oxygen atoms in total. The second kappa shape index (κ2) is 7.74. The van der Waals surface area contributed by atoms with Crippen molar-refractivity contribution in [1.82, 2.24) is 30.1 Å². The van der Waals surface area contributed by atoms with Crippen molar-refractivity contribution in [2.24, 2.45) is 7.05 Å². The molecule has 1 saturated heterocycles. The number of nitrogens with zero attached hydrogens (tertiary/aromatic N) is 7. The van der Waals surface area contributed by atoms with E-state index in [4.69, 9.17) is 4.74 Å². The Kier molecular flexibility index (Phi) is 4.78. The van der Waals surface area contributed by atoms with Gasteiger partial charge in [-0.3, -0.25) is 4.79 Å². The van der Waals surface area contributed by atoms with Crippen LogP contribution in [0.25, 0.3) is 11.4 Å². The SMILES string of the molecule is Cn1nnc(-c2ccc(N3CCOc4cc(C(=O)N5CCCCC5)cnc43)cc2)n1. The fourth-order valence-electron chi connectivity index (χ4n) is 3.94. The predicted molar refractivity (Wildman–Crippen MR) is 111 cm³/mol. The van der Waals surface area contributed by atoms with E-state index >= 15 is 0 Å². The summed E-state index contributed by atoms with van der Waals surface area (Å²) in [5.41, 5.74) is 2.48. The van der Waals surface area contributed by atoms with Crippen LogP contribution >= 0.6 is 0 Å². The lowest BCUT2D eigenvalue weighted by atomic mass is 10.1. The topological polar surface area (TPSA) is 89.3 Å². The Labute approximate surface area is 174 Å². The summed E-state index contributed by atoms with van der Waals surface area (Å²) in [5.74, 6) is 1.99. The third kappa shape index (κ3) is 3.47. The van der Waals surface area contributed by atoms with E-state index in [1.54, 1.807) is 13.2 Å². The van der Waals surface area contributed by atoms with Crippen LogP contribution in [0.1, 0.15) is 29.6 Å². The number of aromatic nitrogens is 5. The van der Waals surface area contributed by atoms with Crippen LogP contribution in [0.2, 0.25) is 0 Å². The number of hydrogen-bond acceptors (Lipinski definition) is 7. The first-order valence-electron chi connectivity index (χ1n) is 10.2. The summed E-state index contributed by atoms with van der Waals surface area (Å²) in [7, 11) is 1.74. The summed E-state index contributed by atoms with van der Waals surface area (Å²) in [6.45, 7) is 2.84. The van der Waals surface area contributed by atoms with E-state index in [0.717, 1.165) is 43.0 Å². The van der Waals surface area contributed by atoms with Crippen LogP contribution in [0, 0.1) is 0 Å². The number of pyridine rings is 1. The molecule has 0 unspecified atom stereocenters. The van der Waals surface area contributed by atoms with E-state index in [0.29, 0.717) is 30.3 Å². The van der Waals surface area contributed by atoms with Crippen molar-refractivity contribution < 1.29 is 9.53 Å². The maximum atomic E-state index is 12.8. The maximum absolute atomic E-state index is 12.8. The Morgan fingerprint density at radius 1 is 1.07 bits per heavy atom. The highest BCUT2D eigenvalue weighted by Gasteiger charge is 2.25. The van der Waals surface area contributed by atoms with Crippen LogP contribution < -0.4 is 9.64 Å². The third-order valence-electron chi connectivity index (χ3n) is 5.50. The molecule has 1 fully saturated rings. The van der Waals surface area contributed by atoms with Crippen molar-refractivity contribution in [2.75, 3.05) is 31.1 Å². The van der Waals surface area contributed by atoms with Gasteiger partial charge >= 0.3 is 0 Å². The van der Waals surface area contributed by atoms with Gasteiger partial charge in [-0.2, -0.15) is 4.80 Å². The zero-order valence-corrected chi connectivity index (χ0v) is 16.9. The molecule has 4 heterocycles. The van der Waals surface area contributed by atoms with Crippen molar-refractivity contribution in [3.63, 3.8) is 0 Å². The Bertz CT molecular complexity index is 1060. The molecule has 3 aromatic rings. The van der Waals surface area contributed by atoms with E-state index in [2.05, 4.69) is 25.3 Å². The van der Waals surface area contributed by atoms with E-state index < -0.39 is 0 Å². The first-order chi connectivity index (χ1) is 14.7. The highest BCUT2D eigenvalue weighted by atomic mass is 16.5. The Hall–Kier alpha value is -3.49. The molecule has 30 heavy (non-hydrogen) atoms. The normalized spacial score (nSPS) is 16.2. The Morgan fingerprint density at radius 3 is 2.60 bits per heavy atom. The molecule has 0 spiro atoms. The van der Waals surface area contributed by atoms with Crippen molar-refractivity contribution in [2.45, 2.75) is 19.3 Å². The number of anilines is 2. The fourth-order valence-corrected chi connectivity index (χ4v) is 3.94. The molecule has 9 heteroatoms. The molecule has 0 bridgehead atoms. The average Bonchev–Trinajstić information content (AvgIpc) is 3.25. The van der Waals surface area contributed by atoms with Gasteiger partial charge in [-0.25, -0.2) is 4.98 Å². The smallest absolute Gasteiger partial charge is 0.255 e. The van der Waals surface area contributed by atoms with E-state index in [1.165, 1.54) is 11.2 Å². The number of piperidine rings is 1. The minimum absolute atomic E-state index is 0.0338. The van der Waals surface area contributed by atoms with E-state index in [9.17, 15) is 4.79 Å². The molecular formula is C21H23N7O2. The summed E-state index contributed by atoms with van der Waals surface area (Å²) >= 11 is 0. The van der Waals surface area contributed by atoms with Crippen LogP contribution in [0.15, 0.2) is 36.5 Å². The standard InChI is InChI=1S/C21H23N7O2/c1-26-24-19(23-25-26)15-5-7-17(8-6-15)28-11-12-30-18-13-16(14-22-20(18)28)21(29)27-9-3-2-4-10-27/h5-8,13-14H,2-4,9-12H2,1H3. The number of aryl methyl sites for hydroxylation is 1. The predicted octanol–water partition coefficient (Wildman–Crippen LogP) is 2.43. The van der Waals surface area contributed by atoms with Gasteiger partial charge in [-0.05, 0) is 54.8 Å². The molecule has 2 aliphatic heterocycles. The lowest BCUT2D eigenvalue weighted by molar-refractivity contribution is 0.0723. The van der Waals surface area contributed by atoms with Crippen molar-refractivity contribution in [3.8, 4) is 17.1 Å². The zero-order chi connectivity index (χ0) is 20.5. The number of fused-ring (bicyclic) bond motifs is 1. The summed E-state index contributed by atoms with van der Waals surface area (Å²) in [6.07, 6.45) is 4.98. The van der Waals surface area contributed by atoms with Crippen molar-refractivity contribution >= 4 is 17.4 Å². The van der Waals surface area contributed by atoms with Crippen LogP contribution in [0.3, 0.4) is 0 Å². The summed E-state index contributed by atoms with van der Waals surface area (Å²) in [4.78, 5) is 22.8. The quantitative estimate of drug-likeness (QED) is 0.661. The number of benzene rings is 1. The zero-order valence-electron chi connectivity index (χ0n) is 16.9. The molecule has 1 aromatic carbocycles. The van der Waals surface area contributed by atoms with Gasteiger partial charge in [-0.1, -0.05) is 0 Å². The van der Waals surface area contributed by atoms with Gasteiger partial charge in [0.15, 0.2) is 11.6 Å². The van der Waals surface area contributed by atoms with Gasteiger partial charge in [0.25, 0.3) is 5.91 Å². The number of ether oxygens (including phenoxy) is 1. The largest absolute Gasteiger partial charge is 0.488 e. The number of hydrogen-bond donors (Lipinski definition) is 0. The molecule has 0 radical (unpaired) electrons. The van der Waals surface area contributed by atoms with Gasteiger partial charge in [0.1, 0.15) is 6.61 Å². The lowest BCUT2D eigenvalue weighted by Gasteiger charge is -2.31. The van der Waals surface area contributed by atoms with Crippen LogP contribution in [0.5, 0.6) is 5.75 Å². The van der Waals surface area contributed by atoms with Gasteiger partial charge in [-0.15, -0.1) is 10.2 Å². The molecule has 2 aromatic heterocycles. The lowest BCUT2D eigenvalue weighted by Crippen LogP contribution is -2.36. The minimum atomic E-state index is 0.0338. The molecule has 154 valence electrons. The Morgan fingerprint density at radius 2 is 1.87 bits per heavy atom. The highest BCUT2D eigenvalue weighted by molar-refractivity contribution is 5.95. The van der Waals surface area contributed by atoms with E-state index in [1.807, 2.05) is 35.2 Å². The number of likely N-dealkylation sites (tertiary alicyclic amines) is 1. The monoisotopic (exact) mass is 405 g/mol. The Balaban J connectivity index is 1.39. The van der Waals surface area contributed by atoms with Gasteiger partial charge < -0.3 is 14.5 Å². The minimum Gasteiger partial charge on any atom is -0.488 e. The number of rotatable bonds is 3. The molecule has 0 atom stereocenters. The third-order valence-corrected chi connectivity index (χ3v) is 5.50. The van der Waals surface area contributed by atoms with Gasteiger partial charge in [0.2, 0.25) is 5.82 Å². The fraction of sp³-hybridized carbons (Fsp3) is 0.381. The maximum Gasteiger partial charge on any atom is 0.255 e. The average molecular weight is 405 g/mol. The van der Waals surface area contributed by atoms with Gasteiger partial charge in [0, 0.05) is 30.5 Å². The second-order valence-corrected chi connectivity index (χ2v) is 7.55. The number of carbonyl (C=O) groups is 1. The first-order valence-corrected chi connectivity index (χ1v) is 10.2. The molecule has 0 saturated carbocycles. The molecule has 0 N–H and O–H groups in total. The number of amides is 1. The second-order valence-electron chi connectivity index (χ2n) is 7.55. The van der Waals surface area contributed by atoms with Crippen LogP contribution in [-0.4, -0.2) is 62.2 Å². The number of carbonyl (C=O) groups excluding carboxylic acids is 1. The van der Waals surface area contributed by atoms with Crippen molar-refractivity contribution in [3.05, 3.63) is 42.1 Å². The molecule has 2 aliphatic rings. The molecule has 0 aliphatic carbocycles. The highest BCUT2D eigenvalue weighted by Crippen LogP contribution is 2.36. The summed E-state index contributed by atoms with van der Waals surface area (Å²) in [6, 6.07) is 9.78. The van der Waals surface area contributed by atoms with E-state index in [-0.39, 0.29) is 5.91 Å².